The second-order valence-corrected chi connectivity index (χ2v) is 6.54. The molecule has 0 aliphatic carbocycles. The highest BCUT2D eigenvalue weighted by Gasteiger charge is 2.27. The topological polar surface area (TPSA) is 71.1 Å². The molecule has 0 saturated heterocycles. The van der Waals surface area contributed by atoms with Crippen LogP contribution in [-0.2, 0) is 29.8 Å². The van der Waals surface area contributed by atoms with Crippen LogP contribution >= 0.6 is 7.60 Å². The summed E-state index contributed by atoms with van der Waals surface area (Å²) in [7, 11) is -1.75. The van der Waals surface area contributed by atoms with E-state index in [1.165, 1.54) is 0 Å². The molecule has 0 radical (unpaired) electrons. The van der Waals surface area contributed by atoms with Crippen LogP contribution in [0.3, 0.4) is 0 Å². The summed E-state index contributed by atoms with van der Waals surface area (Å²) in [6, 6.07) is 7.35. The fourth-order valence-electron chi connectivity index (χ4n) is 1.79. The predicted octanol–water partition coefficient (Wildman–Crippen LogP) is 3.05. The minimum absolute atomic E-state index is 0.129. The van der Waals surface area contributed by atoms with Crippen LogP contribution in [0.1, 0.15) is 19.4 Å². The molecule has 0 saturated carbocycles. The SMILES string of the molecule is CCOP(=O)(CC(=O)COCc1ccc(OC)cc1)OCC. The van der Waals surface area contributed by atoms with Gasteiger partial charge in [-0.05, 0) is 31.5 Å². The van der Waals surface area contributed by atoms with E-state index in [4.69, 9.17) is 18.5 Å². The van der Waals surface area contributed by atoms with Gasteiger partial charge in [-0.3, -0.25) is 9.36 Å². The molecule has 1 rings (SSSR count). The molecule has 0 unspecified atom stereocenters. The molecule has 0 aliphatic rings. The van der Waals surface area contributed by atoms with Gasteiger partial charge in [0.25, 0.3) is 0 Å². The van der Waals surface area contributed by atoms with E-state index in [2.05, 4.69) is 0 Å². The number of benzene rings is 1. The Hall–Kier alpha value is -1.20. The molecule has 124 valence electrons. The maximum Gasteiger partial charge on any atom is 0.338 e. The maximum atomic E-state index is 12.2. The molecule has 0 N–H and O–H groups in total. The van der Waals surface area contributed by atoms with E-state index in [1.807, 2.05) is 24.3 Å². The fourth-order valence-corrected chi connectivity index (χ4v) is 3.36. The summed E-state index contributed by atoms with van der Waals surface area (Å²) in [6.45, 7) is 4.04. The summed E-state index contributed by atoms with van der Waals surface area (Å²) in [5.74, 6) is 0.452. The molecular weight excluding hydrogens is 307 g/mol. The Morgan fingerprint density at radius 3 is 2.18 bits per heavy atom. The number of hydrogen-bond acceptors (Lipinski definition) is 6. The first-order valence-corrected chi connectivity index (χ1v) is 8.86. The van der Waals surface area contributed by atoms with Gasteiger partial charge in [0.2, 0.25) is 0 Å². The molecular formula is C15H23O6P. The fraction of sp³-hybridized carbons (Fsp3) is 0.533. The van der Waals surface area contributed by atoms with Crippen molar-refractivity contribution in [2.24, 2.45) is 0 Å². The molecule has 0 fully saturated rings. The van der Waals surface area contributed by atoms with Crippen LogP contribution in [0.5, 0.6) is 5.75 Å². The lowest BCUT2D eigenvalue weighted by atomic mass is 10.2. The first-order valence-electron chi connectivity index (χ1n) is 7.13. The van der Waals surface area contributed by atoms with Crippen LogP contribution in [0, 0.1) is 0 Å². The summed E-state index contributed by atoms with van der Waals surface area (Å²) >= 11 is 0. The van der Waals surface area contributed by atoms with E-state index >= 15 is 0 Å². The lowest BCUT2D eigenvalue weighted by molar-refractivity contribution is -0.121. The Kier molecular flexibility index (Phi) is 8.35. The molecule has 22 heavy (non-hydrogen) atoms. The zero-order valence-corrected chi connectivity index (χ0v) is 14.1. The minimum atomic E-state index is -3.34. The first kappa shape index (κ1) is 18.8. The molecule has 6 nitrogen and oxygen atoms in total. The highest BCUT2D eigenvalue weighted by molar-refractivity contribution is 7.54. The van der Waals surface area contributed by atoms with Gasteiger partial charge in [-0.2, -0.15) is 0 Å². The third-order valence-corrected chi connectivity index (χ3v) is 4.76. The number of carbonyl (C=O) groups is 1. The van der Waals surface area contributed by atoms with Crippen LogP contribution in [0.2, 0.25) is 0 Å². The largest absolute Gasteiger partial charge is 0.497 e. The van der Waals surface area contributed by atoms with Crippen LogP contribution in [0.25, 0.3) is 0 Å². The van der Waals surface area contributed by atoms with Crippen LogP contribution in [0.4, 0.5) is 0 Å². The lowest BCUT2D eigenvalue weighted by Gasteiger charge is -2.16. The Bertz CT molecular complexity index is 489. The van der Waals surface area contributed by atoms with Crippen molar-refractivity contribution in [1.29, 1.82) is 0 Å². The van der Waals surface area contributed by atoms with Gasteiger partial charge in [-0.1, -0.05) is 12.1 Å². The van der Waals surface area contributed by atoms with E-state index in [0.717, 1.165) is 11.3 Å². The summed E-state index contributed by atoms with van der Waals surface area (Å²) in [6.07, 6.45) is -0.267. The van der Waals surface area contributed by atoms with Crippen LogP contribution in [0.15, 0.2) is 24.3 Å². The van der Waals surface area contributed by atoms with Gasteiger partial charge in [-0.25, -0.2) is 0 Å². The van der Waals surface area contributed by atoms with Crippen molar-refractivity contribution in [3.8, 4) is 5.75 Å². The van der Waals surface area contributed by atoms with Gasteiger partial charge in [0, 0.05) is 0 Å². The molecule has 0 amide bonds. The van der Waals surface area contributed by atoms with Crippen molar-refractivity contribution in [1.82, 2.24) is 0 Å². The van der Waals surface area contributed by atoms with Crippen LogP contribution < -0.4 is 4.74 Å². The summed E-state index contributed by atoms with van der Waals surface area (Å²) in [4.78, 5) is 11.8. The molecule has 0 spiro atoms. The zero-order chi connectivity index (χ0) is 16.4. The number of carbonyl (C=O) groups excluding carboxylic acids is 1. The average molecular weight is 330 g/mol. The lowest BCUT2D eigenvalue weighted by Crippen LogP contribution is -2.15. The number of ether oxygens (including phenoxy) is 2. The molecule has 0 aromatic heterocycles. The normalized spacial score (nSPS) is 11.4. The van der Waals surface area contributed by atoms with Crippen molar-refractivity contribution in [2.45, 2.75) is 20.5 Å². The monoisotopic (exact) mass is 330 g/mol. The van der Waals surface area contributed by atoms with Crippen molar-refractivity contribution in [3.05, 3.63) is 29.8 Å². The van der Waals surface area contributed by atoms with E-state index < -0.39 is 7.60 Å². The molecule has 0 heterocycles. The highest BCUT2D eigenvalue weighted by atomic mass is 31.2. The molecule has 0 bridgehead atoms. The Morgan fingerprint density at radius 1 is 1.09 bits per heavy atom. The van der Waals surface area contributed by atoms with Crippen molar-refractivity contribution in [2.75, 3.05) is 33.1 Å². The van der Waals surface area contributed by atoms with Gasteiger partial charge in [0.05, 0.1) is 26.9 Å². The van der Waals surface area contributed by atoms with E-state index in [-0.39, 0.29) is 31.8 Å². The third kappa shape index (κ3) is 6.71. The molecule has 1 aromatic carbocycles. The summed E-state index contributed by atoms with van der Waals surface area (Å²) < 4.78 is 32.7. The van der Waals surface area contributed by atoms with E-state index in [1.54, 1.807) is 21.0 Å². The maximum absolute atomic E-state index is 12.2. The molecule has 1 aromatic rings. The van der Waals surface area contributed by atoms with Crippen molar-refractivity contribution >= 4 is 13.4 Å². The molecule has 0 aliphatic heterocycles. The summed E-state index contributed by atoms with van der Waals surface area (Å²) in [5, 5.41) is 0. The van der Waals surface area contributed by atoms with Crippen molar-refractivity contribution in [3.63, 3.8) is 0 Å². The summed E-state index contributed by atoms with van der Waals surface area (Å²) in [5.41, 5.74) is 0.923. The van der Waals surface area contributed by atoms with Gasteiger partial charge >= 0.3 is 7.60 Å². The van der Waals surface area contributed by atoms with Crippen molar-refractivity contribution < 1.29 is 27.9 Å². The average Bonchev–Trinajstić information content (AvgIpc) is 2.48. The Balaban J connectivity index is 2.39. The minimum Gasteiger partial charge on any atom is -0.497 e. The highest BCUT2D eigenvalue weighted by Crippen LogP contribution is 2.47. The van der Waals surface area contributed by atoms with Gasteiger partial charge < -0.3 is 18.5 Å². The number of methoxy groups -OCH3 is 1. The quantitative estimate of drug-likeness (QED) is 0.581. The zero-order valence-electron chi connectivity index (χ0n) is 13.2. The number of hydrogen-bond donors (Lipinski definition) is 0. The van der Waals surface area contributed by atoms with Gasteiger partial charge in [0.15, 0.2) is 5.78 Å². The van der Waals surface area contributed by atoms with E-state index in [0.29, 0.717) is 6.61 Å². The van der Waals surface area contributed by atoms with Gasteiger partial charge in [-0.15, -0.1) is 0 Å². The number of Topliss-reactive ketones (excluding diaryl/α,β-unsaturated/α-hetero) is 1. The molecule has 7 heteroatoms. The second-order valence-electron chi connectivity index (χ2n) is 4.48. The smallest absolute Gasteiger partial charge is 0.338 e. The Labute approximate surface area is 131 Å². The number of rotatable bonds is 11. The van der Waals surface area contributed by atoms with Gasteiger partial charge in [0.1, 0.15) is 18.5 Å². The van der Waals surface area contributed by atoms with Crippen LogP contribution in [-0.4, -0.2) is 38.9 Å². The predicted molar refractivity (Wildman–Crippen MR) is 83.4 cm³/mol. The Morgan fingerprint density at radius 2 is 1.68 bits per heavy atom. The van der Waals surface area contributed by atoms with E-state index in [9.17, 15) is 9.36 Å². The first-order chi connectivity index (χ1) is 10.5. The third-order valence-electron chi connectivity index (χ3n) is 2.71. The number of ketones is 1. The standard InChI is InChI=1S/C15H23O6P/c1-4-20-22(17,21-5-2)12-14(16)11-19-10-13-6-8-15(18-3)9-7-13/h6-9H,4-5,10-12H2,1-3H3. The molecule has 0 atom stereocenters. The second kappa shape index (κ2) is 9.74.